The molecule has 5 nitrogen and oxygen atoms in total. The topological polar surface area (TPSA) is 58.6 Å². The summed E-state index contributed by atoms with van der Waals surface area (Å²) in [5.41, 5.74) is 1.97. The molecule has 0 aliphatic carbocycles. The van der Waals surface area contributed by atoms with Crippen LogP contribution in [0.3, 0.4) is 0 Å². The first kappa shape index (κ1) is 22.4. The van der Waals surface area contributed by atoms with E-state index in [1.165, 1.54) is 11.3 Å². The van der Waals surface area contributed by atoms with Crippen molar-refractivity contribution in [3.05, 3.63) is 40.2 Å². The molecule has 0 bridgehead atoms. The normalized spacial score (nSPS) is 10.9. The second-order valence-electron chi connectivity index (χ2n) is 6.41. The summed E-state index contributed by atoms with van der Waals surface area (Å²) in [6, 6.07) is 7.25. The molecule has 152 valence electrons. The maximum Gasteiger partial charge on any atom is 0.341 e. The van der Waals surface area contributed by atoms with Crippen molar-refractivity contribution in [1.29, 1.82) is 0 Å². The minimum Gasteiger partial charge on any atom is -0.462 e. The molecular weight excluding hydrogens is 396 g/mol. The number of halogens is 1. The number of anilines is 1. The fourth-order valence-electron chi connectivity index (χ4n) is 2.97. The molecule has 1 N–H and O–H groups in total. The number of carbonyl (C=O) groups is 2. The molecule has 1 amide bonds. The molecule has 0 saturated heterocycles. The molecule has 0 fully saturated rings. The van der Waals surface area contributed by atoms with E-state index < -0.39 is 5.97 Å². The van der Waals surface area contributed by atoms with Gasteiger partial charge in [-0.2, -0.15) is 0 Å². The van der Waals surface area contributed by atoms with Gasteiger partial charge >= 0.3 is 5.97 Å². The summed E-state index contributed by atoms with van der Waals surface area (Å²) in [6.45, 7) is 8.26. The lowest BCUT2D eigenvalue weighted by Crippen LogP contribution is -2.34. The molecule has 1 aromatic heterocycles. The molecule has 0 saturated carbocycles. The first-order valence-electron chi connectivity index (χ1n) is 9.56. The van der Waals surface area contributed by atoms with Gasteiger partial charge in [-0.3, -0.25) is 9.69 Å². The van der Waals surface area contributed by atoms with Crippen molar-refractivity contribution < 1.29 is 14.3 Å². The molecule has 2 aromatic rings. The van der Waals surface area contributed by atoms with Crippen molar-refractivity contribution in [1.82, 2.24) is 4.90 Å². The van der Waals surface area contributed by atoms with Crippen LogP contribution in [0.1, 0.15) is 44.0 Å². The highest BCUT2D eigenvalue weighted by Gasteiger charge is 2.23. The smallest absolute Gasteiger partial charge is 0.341 e. The highest BCUT2D eigenvalue weighted by atomic mass is 35.5. The average Bonchev–Trinajstić information content (AvgIpc) is 3.06. The van der Waals surface area contributed by atoms with Crippen LogP contribution in [0, 0.1) is 0 Å². The fourth-order valence-corrected chi connectivity index (χ4v) is 4.07. The molecule has 1 heterocycles. The third-order valence-electron chi connectivity index (χ3n) is 4.13. The molecule has 0 spiro atoms. The van der Waals surface area contributed by atoms with Gasteiger partial charge in [-0.15, -0.1) is 11.3 Å². The predicted molar refractivity (Wildman–Crippen MR) is 116 cm³/mol. The zero-order chi connectivity index (χ0) is 20.5. The Morgan fingerprint density at radius 2 is 1.75 bits per heavy atom. The Hall–Kier alpha value is -1.89. The second kappa shape index (κ2) is 11.2. The largest absolute Gasteiger partial charge is 0.462 e. The number of hydrogen-bond donors (Lipinski definition) is 1. The van der Waals surface area contributed by atoms with Crippen LogP contribution in [0.5, 0.6) is 0 Å². The minimum atomic E-state index is -0.442. The van der Waals surface area contributed by atoms with Crippen molar-refractivity contribution in [3.8, 4) is 11.1 Å². The Labute approximate surface area is 175 Å². The third kappa shape index (κ3) is 6.06. The summed E-state index contributed by atoms with van der Waals surface area (Å²) in [5.74, 6) is -0.570. The zero-order valence-electron chi connectivity index (χ0n) is 16.6. The van der Waals surface area contributed by atoms with Crippen LogP contribution in [0.2, 0.25) is 5.02 Å². The summed E-state index contributed by atoms with van der Waals surface area (Å²) >= 11 is 7.30. The van der Waals surface area contributed by atoms with E-state index in [9.17, 15) is 9.59 Å². The van der Waals surface area contributed by atoms with Gasteiger partial charge < -0.3 is 10.1 Å². The summed E-state index contributed by atoms with van der Waals surface area (Å²) in [6.07, 6.45) is 1.97. The maximum atomic E-state index is 12.6. The standard InChI is InChI=1S/C21H27ClN2O3S/c1-4-11-24(12-5-2)13-18(25)23-20-19(21(26)27-6-3)17(14-28-20)15-7-9-16(22)10-8-15/h7-10,14H,4-6,11-13H2,1-3H3,(H,23,25). The van der Waals surface area contributed by atoms with Crippen molar-refractivity contribution in [2.45, 2.75) is 33.6 Å². The van der Waals surface area contributed by atoms with Gasteiger partial charge in [0.05, 0.1) is 13.2 Å². The SMILES string of the molecule is CCCN(CCC)CC(=O)Nc1scc(-c2ccc(Cl)cc2)c1C(=O)OCC. The van der Waals surface area contributed by atoms with Crippen molar-refractivity contribution in [2.75, 3.05) is 31.6 Å². The highest BCUT2D eigenvalue weighted by Crippen LogP contribution is 2.36. The number of carbonyl (C=O) groups excluding carboxylic acids is 2. The van der Waals surface area contributed by atoms with Crippen LogP contribution < -0.4 is 5.32 Å². The lowest BCUT2D eigenvalue weighted by molar-refractivity contribution is -0.117. The molecular formula is C21H27ClN2O3S. The van der Waals surface area contributed by atoms with Crippen molar-refractivity contribution in [2.24, 2.45) is 0 Å². The molecule has 28 heavy (non-hydrogen) atoms. The van der Waals surface area contributed by atoms with Gasteiger partial charge in [-0.1, -0.05) is 37.6 Å². The Kier molecular flexibility index (Phi) is 8.96. The van der Waals surface area contributed by atoms with Gasteiger partial charge in [-0.05, 0) is 50.6 Å². The quantitative estimate of drug-likeness (QED) is 0.527. The lowest BCUT2D eigenvalue weighted by Gasteiger charge is -2.20. The number of nitrogens with one attached hydrogen (secondary N) is 1. The number of thiophene rings is 1. The van der Waals surface area contributed by atoms with E-state index in [-0.39, 0.29) is 12.5 Å². The Bertz CT molecular complexity index is 783. The molecule has 2 rings (SSSR count). The van der Waals surface area contributed by atoms with Crippen molar-refractivity contribution >= 4 is 39.8 Å². The number of hydrogen-bond acceptors (Lipinski definition) is 5. The maximum absolute atomic E-state index is 12.6. The molecule has 0 radical (unpaired) electrons. The Morgan fingerprint density at radius 3 is 2.32 bits per heavy atom. The van der Waals surface area contributed by atoms with Gasteiger partial charge in [0, 0.05) is 16.0 Å². The summed E-state index contributed by atoms with van der Waals surface area (Å²) in [7, 11) is 0. The van der Waals surface area contributed by atoms with Crippen molar-refractivity contribution in [3.63, 3.8) is 0 Å². The molecule has 0 unspecified atom stereocenters. The van der Waals surface area contributed by atoms with Gasteiger partial charge in [0.2, 0.25) is 5.91 Å². The molecule has 0 aliphatic rings. The molecule has 1 aromatic carbocycles. The third-order valence-corrected chi connectivity index (χ3v) is 5.27. The summed E-state index contributed by atoms with van der Waals surface area (Å²) in [5, 5.41) is 5.91. The number of nitrogens with zero attached hydrogens (tertiary/aromatic N) is 1. The summed E-state index contributed by atoms with van der Waals surface area (Å²) < 4.78 is 5.23. The van der Waals surface area contributed by atoms with Gasteiger partial charge in [0.25, 0.3) is 0 Å². The van der Waals surface area contributed by atoms with Crippen LogP contribution in [0.25, 0.3) is 11.1 Å². The van der Waals surface area contributed by atoms with Gasteiger partial charge in [-0.25, -0.2) is 4.79 Å². The first-order chi connectivity index (χ1) is 13.5. The molecule has 0 atom stereocenters. The minimum absolute atomic E-state index is 0.128. The zero-order valence-corrected chi connectivity index (χ0v) is 18.2. The monoisotopic (exact) mass is 422 g/mol. The number of benzene rings is 1. The second-order valence-corrected chi connectivity index (χ2v) is 7.72. The lowest BCUT2D eigenvalue weighted by atomic mass is 10.0. The fraction of sp³-hybridized carbons (Fsp3) is 0.429. The van der Waals surface area contributed by atoms with Crippen LogP contribution in [0.15, 0.2) is 29.6 Å². The van der Waals surface area contributed by atoms with E-state index >= 15 is 0 Å². The first-order valence-corrected chi connectivity index (χ1v) is 10.8. The molecule has 0 aliphatic heterocycles. The van der Waals surface area contributed by atoms with E-state index in [2.05, 4.69) is 24.1 Å². The predicted octanol–water partition coefficient (Wildman–Crippen LogP) is 5.31. The van der Waals surface area contributed by atoms with Crippen LogP contribution >= 0.6 is 22.9 Å². The van der Waals surface area contributed by atoms with E-state index in [4.69, 9.17) is 16.3 Å². The number of amides is 1. The number of ether oxygens (including phenoxy) is 1. The highest BCUT2D eigenvalue weighted by molar-refractivity contribution is 7.15. The molecule has 7 heteroatoms. The van der Waals surface area contributed by atoms with Gasteiger partial charge in [0.1, 0.15) is 10.6 Å². The number of esters is 1. The van der Waals surface area contributed by atoms with Crippen LogP contribution in [0.4, 0.5) is 5.00 Å². The Balaban J connectivity index is 2.27. The summed E-state index contributed by atoms with van der Waals surface area (Å²) in [4.78, 5) is 27.3. The van der Waals surface area contributed by atoms with Crippen LogP contribution in [-0.2, 0) is 9.53 Å². The van der Waals surface area contributed by atoms with Gasteiger partial charge in [0.15, 0.2) is 0 Å². The Morgan fingerprint density at radius 1 is 1.11 bits per heavy atom. The van der Waals surface area contributed by atoms with Crippen LogP contribution in [-0.4, -0.2) is 43.0 Å². The van der Waals surface area contributed by atoms with E-state index in [1.807, 2.05) is 17.5 Å². The number of rotatable bonds is 10. The van der Waals surface area contributed by atoms with E-state index in [0.717, 1.165) is 37.1 Å². The average molecular weight is 423 g/mol. The van der Waals surface area contributed by atoms with E-state index in [1.54, 1.807) is 19.1 Å². The van der Waals surface area contributed by atoms with E-state index in [0.29, 0.717) is 22.1 Å².